The summed E-state index contributed by atoms with van der Waals surface area (Å²) in [6, 6.07) is 80.1. The largest absolute Gasteiger partial charge is 0.309 e. The molecule has 0 amide bonds. The van der Waals surface area contributed by atoms with E-state index in [1.165, 1.54) is 86.3 Å². The molecule has 1 heterocycles. The first-order valence-corrected chi connectivity index (χ1v) is 21.6. The molecule has 0 saturated heterocycles. The Morgan fingerprint density at radius 2 is 0.917 bits per heavy atom. The van der Waals surface area contributed by atoms with Gasteiger partial charge in [-0.3, -0.25) is 0 Å². The van der Waals surface area contributed by atoms with Gasteiger partial charge in [-0.2, -0.15) is 0 Å². The second-order valence-electron chi connectivity index (χ2n) is 15.5. The smallest absolute Gasteiger partial charge is 0.0541 e. The summed E-state index contributed by atoms with van der Waals surface area (Å²) >= 11 is 1.89. The molecule has 9 aromatic carbocycles. The standard InChI is InChI=1S/C58H41NS/c1-4-19-40(20-5-1)44-37-38-55(52(39-44)42-23-8-3-9-24-42)59(54-35-14-11-28-47(54)50-32-18-33-51-48-29-12-15-36-56(48)60-58(50)51)53-34-13-10-27-46(53)49-31-17-26-43-25-16-30-45(57(43)49)41-21-6-2-7-22-41/h1-16,18-30,32-39H,17,31H2. The minimum Gasteiger partial charge on any atom is -0.309 e. The van der Waals surface area contributed by atoms with Gasteiger partial charge in [0.05, 0.1) is 17.1 Å². The van der Waals surface area contributed by atoms with E-state index in [1.807, 2.05) is 11.3 Å². The van der Waals surface area contributed by atoms with Gasteiger partial charge in [0.1, 0.15) is 0 Å². The Labute approximate surface area is 355 Å². The minimum absolute atomic E-state index is 0.947. The van der Waals surface area contributed by atoms with E-state index in [9.17, 15) is 0 Å². The molecule has 0 spiro atoms. The van der Waals surface area contributed by atoms with E-state index < -0.39 is 0 Å². The van der Waals surface area contributed by atoms with Crippen molar-refractivity contribution in [2.24, 2.45) is 0 Å². The van der Waals surface area contributed by atoms with Crippen molar-refractivity contribution in [2.45, 2.75) is 12.8 Å². The van der Waals surface area contributed by atoms with Crippen LogP contribution in [0.5, 0.6) is 0 Å². The quantitative estimate of drug-likeness (QED) is 0.148. The molecule has 1 nitrogen and oxygen atoms in total. The highest BCUT2D eigenvalue weighted by Gasteiger charge is 2.26. The molecule has 2 heteroatoms. The second kappa shape index (κ2) is 15.5. The van der Waals surface area contributed by atoms with E-state index in [4.69, 9.17) is 0 Å². The van der Waals surface area contributed by atoms with Crippen LogP contribution in [0.4, 0.5) is 17.1 Å². The van der Waals surface area contributed by atoms with Crippen LogP contribution in [0, 0.1) is 0 Å². The molecule has 0 N–H and O–H groups in total. The third-order valence-corrected chi connectivity index (χ3v) is 13.2. The lowest BCUT2D eigenvalue weighted by atomic mass is 9.88. The van der Waals surface area contributed by atoms with Crippen molar-refractivity contribution in [3.63, 3.8) is 0 Å². The normalized spacial score (nSPS) is 12.3. The molecule has 0 aliphatic heterocycles. The summed E-state index contributed by atoms with van der Waals surface area (Å²) in [5.74, 6) is 0. The van der Waals surface area contributed by atoms with Crippen LogP contribution in [-0.2, 0) is 0 Å². The van der Waals surface area contributed by atoms with Crippen LogP contribution in [0.15, 0.2) is 218 Å². The molecular weight excluding hydrogens is 743 g/mol. The van der Waals surface area contributed by atoms with E-state index in [-0.39, 0.29) is 0 Å². The molecule has 0 fully saturated rings. The maximum Gasteiger partial charge on any atom is 0.0541 e. The van der Waals surface area contributed by atoms with Gasteiger partial charge in [0.25, 0.3) is 0 Å². The number of hydrogen-bond acceptors (Lipinski definition) is 2. The average molecular weight is 784 g/mol. The topological polar surface area (TPSA) is 3.24 Å². The Morgan fingerprint density at radius 1 is 0.367 bits per heavy atom. The van der Waals surface area contributed by atoms with Gasteiger partial charge in [0, 0.05) is 42.4 Å². The van der Waals surface area contributed by atoms with Gasteiger partial charge in [-0.05, 0) is 87.0 Å². The molecule has 1 aliphatic carbocycles. The van der Waals surface area contributed by atoms with Gasteiger partial charge >= 0.3 is 0 Å². The van der Waals surface area contributed by atoms with Crippen molar-refractivity contribution in [3.05, 3.63) is 234 Å². The first-order chi connectivity index (χ1) is 29.8. The highest BCUT2D eigenvalue weighted by molar-refractivity contribution is 7.26. The minimum atomic E-state index is 0.947. The fourth-order valence-corrected chi connectivity index (χ4v) is 10.5. The van der Waals surface area contributed by atoms with Gasteiger partial charge in [0.2, 0.25) is 0 Å². The monoisotopic (exact) mass is 783 g/mol. The zero-order chi connectivity index (χ0) is 39.8. The molecule has 284 valence electrons. The van der Waals surface area contributed by atoms with Crippen molar-refractivity contribution < 1.29 is 0 Å². The fourth-order valence-electron chi connectivity index (χ4n) is 9.26. The number of anilines is 3. The van der Waals surface area contributed by atoms with E-state index in [1.54, 1.807) is 0 Å². The maximum atomic E-state index is 2.56. The van der Waals surface area contributed by atoms with Gasteiger partial charge < -0.3 is 4.90 Å². The van der Waals surface area contributed by atoms with Gasteiger partial charge in [0.15, 0.2) is 0 Å². The lowest BCUT2D eigenvalue weighted by Gasteiger charge is -2.32. The molecule has 0 radical (unpaired) electrons. The van der Waals surface area contributed by atoms with Crippen molar-refractivity contribution in [1.29, 1.82) is 0 Å². The predicted molar refractivity (Wildman–Crippen MR) is 258 cm³/mol. The fraction of sp³-hybridized carbons (Fsp3) is 0.0345. The zero-order valence-electron chi connectivity index (χ0n) is 33.1. The van der Waals surface area contributed by atoms with E-state index >= 15 is 0 Å². The highest BCUT2D eigenvalue weighted by Crippen LogP contribution is 2.50. The van der Waals surface area contributed by atoms with E-state index in [0.717, 1.165) is 29.9 Å². The summed E-state index contributed by atoms with van der Waals surface area (Å²) in [6.07, 6.45) is 4.35. The SMILES string of the molecule is C1=c2cccc(-c3ccccc3)c2=C(c2ccccc2N(c2ccc(-c3ccccc3)cc2-c2ccccc2)c2ccccc2-c2cccc3c2sc2ccccc23)CC1. The molecule has 1 aliphatic rings. The molecule has 0 unspecified atom stereocenters. The molecule has 10 aromatic rings. The van der Waals surface area contributed by atoms with Crippen molar-refractivity contribution in [2.75, 3.05) is 4.90 Å². The molecule has 0 bridgehead atoms. The van der Waals surface area contributed by atoms with Gasteiger partial charge in [-0.25, -0.2) is 0 Å². The zero-order valence-corrected chi connectivity index (χ0v) is 33.9. The summed E-state index contributed by atoms with van der Waals surface area (Å²) in [6.45, 7) is 0. The number of nitrogens with zero attached hydrogens (tertiary/aromatic N) is 1. The first kappa shape index (κ1) is 35.9. The molecule has 11 rings (SSSR count). The lowest BCUT2D eigenvalue weighted by Crippen LogP contribution is -2.32. The van der Waals surface area contributed by atoms with Crippen molar-refractivity contribution >= 4 is 60.2 Å². The number of para-hydroxylation sites is 2. The summed E-state index contributed by atoms with van der Waals surface area (Å²) in [5, 5.41) is 5.23. The van der Waals surface area contributed by atoms with E-state index in [2.05, 4.69) is 229 Å². The van der Waals surface area contributed by atoms with Crippen LogP contribution < -0.4 is 15.3 Å². The lowest BCUT2D eigenvalue weighted by molar-refractivity contribution is 1.07. The number of fused-ring (bicyclic) bond motifs is 4. The molecular formula is C58H41NS. The third-order valence-electron chi connectivity index (χ3n) is 12.0. The van der Waals surface area contributed by atoms with Crippen LogP contribution in [0.1, 0.15) is 18.4 Å². The van der Waals surface area contributed by atoms with E-state index in [0.29, 0.717) is 0 Å². The Morgan fingerprint density at radius 3 is 1.68 bits per heavy atom. The van der Waals surface area contributed by atoms with Gasteiger partial charge in [-0.1, -0.05) is 194 Å². The Kier molecular flexibility index (Phi) is 9.26. The Bertz CT molecular complexity index is 3310. The Balaban J connectivity index is 1.23. The van der Waals surface area contributed by atoms with Crippen molar-refractivity contribution in [3.8, 4) is 44.5 Å². The van der Waals surface area contributed by atoms with Crippen LogP contribution in [0.2, 0.25) is 0 Å². The summed E-state index contributed by atoms with van der Waals surface area (Å²) < 4.78 is 2.61. The molecule has 60 heavy (non-hydrogen) atoms. The van der Waals surface area contributed by atoms with Gasteiger partial charge in [-0.15, -0.1) is 11.3 Å². The molecule has 0 saturated carbocycles. The van der Waals surface area contributed by atoms with Crippen LogP contribution in [0.25, 0.3) is 76.3 Å². The van der Waals surface area contributed by atoms with Crippen molar-refractivity contribution in [1.82, 2.24) is 0 Å². The summed E-state index contributed by atoms with van der Waals surface area (Å²) in [5.41, 5.74) is 15.7. The third kappa shape index (κ3) is 6.34. The highest BCUT2D eigenvalue weighted by atomic mass is 32.1. The number of rotatable bonds is 8. The Hall–Kier alpha value is -7.26. The number of thiophene rings is 1. The molecule has 0 atom stereocenters. The summed E-state index contributed by atoms with van der Waals surface area (Å²) in [7, 11) is 0. The predicted octanol–water partition coefficient (Wildman–Crippen LogP) is 15.0. The van der Waals surface area contributed by atoms with Crippen LogP contribution >= 0.6 is 11.3 Å². The number of hydrogen-bond donors (Lipinski definition) is 0. The second-order valence-corrected chi connectivity index (χ2v) is 16.5. The maximum absolute atomic E-state index is 2.56. The van der Waals surface area contributed by atoms with Crippen LogP contribution in [0.3, 0.4) is 0 Å². The number of benzene rings is 9. The average Bonchev–Trinajstić information content (AvgIpc) is 3.72. The van der Waals surface area contributed by atoms with Crippen LogP contribution in [-0.4, -0.2) is 0 Å². The first-order valence-electron chi connectivity index (χ1n) is 20.8. The summed E-state index contributed by atoms with van der Waals surface area (Å²) in [4.78, 5) is 2.56. The molecule has 1 aromatic heterocycles.